The first-order valence-corrected chi connectivity index (χ1v) is 12.6. The van der Waals surface area contributed by atoms with Crippen molar-refractivity contribution in [1.29, 1.82) is 0 Å². The van der Waals surface area contributed by atoms with E-state index in [0.717, 1.165) is 32.5 Å². The highest BCUT2D eigenvalue weighted by Gasteiger charge is 2.40. The molecule has 1 aromatic rings. The van der Waals surface area contributed by atoms with Gasteiger partial charge in [0.25, 0.3) is 5.91 Å². The Hall–Kier alpha value is -3.01. The van der Waals surface area contributed by atoms with E-state index in [2.05, 4.69) is 17.1 Å². The van der Waals surface area contributed by atoms with E-state index < -0.39 is 17.8 Å². The summed E-state index contributed by atoms with van der Waals surface area (Å²) in [7, 11) is 0. The molecule has 4 aliphatic heterocycles. The third-order valence-electron chi connectivity index (χ3n) is 7.91. The minimum atomic E-state index is -0.724. The van der Waals surface area contributed by atoms with Crippen LogP contribution in [0.25, 0.3) is 0 Å². The number of hydrogen-bond donors (Lipinski definition) is 1. The predicted octanol–water partition coefficient (Wildman–Crippen LogP) is 0.967. The topological polar surface area (TPSA) is 93.3 Å². The average Bonchev–Trinajstić information content (AvgIpc) is 3.18. The lowest BCUT2D eigenvalue weighted by Crippen LogP contribution is -2.52. The molecule has 1 N–H and O–H groups in total. The molecule has 0 spiro atoms. The second-order valence-corrected chi connectivity index (χ2v) is 9.88. The number of rotatable bonds is 4. The number of piperidine rings is 2. The monoisotopic (exact) mass is 485 g/mol. The van der Waals surface area contributed by atoms with Crippen LogP contribution in [-0.2, 0) is 20.9 Å². The van der Waals surface area contributed by atoms with Crippen LogP contribution in [0.5, 0.6) is 0 Å². The molecular weight excluding hydrogens is 453 g/mol. The van der Waals surface area contributed by atoms with E-state index in [0.29, 0.717) is 37.4 Å². The summed E-state index contributed by atoms with van der Waals surface area (Å²) in [4.78, 5) is 57.2. The van der Waals surface area contributed by atoms with Gasteiger partial charge in [0.1, 0.15) is 11.9 Å². The van der Waals surface area contributed by atoms with Crippen molar-refractivity contribution in [2.24, 2.45) is 5.92 Å². The number of anilines is 1. The summed E-state index contributed by atoms with van der Waals surface area (Å²) in [6.07, 6.45) is 2.23. The molecule has 4 heterocycles. The van der Waals surface area contributed by atoms with Crippen LogP contribution in [-0.4, -0.2) is 90.2 Å². The number of amides is 4. The molecule has 1 atom stereocenters. The van der Waals surface area contributed by atoms with Gasteiger partial charge in [-0.25, -0.2) is 4.39 Å². The highest BCUT2D eigenvalue weighted by Crippen LogP contribution is 2.33. The molecule has 9 nitrogen and oxygen atoms in total. The largest absolute Gasteiger partial charge is 0.366 e. The van der Waals surface area contributed by atoms with Crippen LogP contribution in [0.3, 0.4) is 0 Å². The number of carbonyl (C=O) groups excluding carboxylic acids is 4. The molecule has 0 aromatic heterocycles. The number of hydrogen-bond acceptors (Lipinski definition) is 6. The number of fused-ring (bicyclic) bond motifs is 1. The maximum atomic E-state index is 15.1. The third kappa shape index (κ3) is 4.51. The van der Waals surface area contributed by atoms with E-state index in [4.69, 9.17) is 0 Å². The molecule has 1 unspecified atom stereocenters. The summed E-state index contributed by atoms with van der Waals surface area (Å²) in [5, 5.41) is 2.28. The van der Waals surface area contributed by atoms with E-state index in [-0.39, 0.29) is 48.6 Å². The van der Waals surface area contributed by atoms with Gasteiger partial charge in [0.15, 0.2) is 0 Å². The van der Waals surface area contributed by atoms with Crippen LogP contribution in [0.2, 0.25) is 0 Å². The quantitative estimate of drug-likeness (QED) is 0.639. The van der Waals surface area contributed by atoms with Crippen LogP contribution < -0.4 is 10.2 Å². The number of nitrogens with one attached hydrogen (secondary N) is 1. The van der Waals surface area contributed by atoms with Crippen molar-refractivity contribution < 1.29 is 23.6 Å². The Bertz CT molecular complexity index is 1050. The molecule has 188 valence electrons. The molecule has 4 amide bonds. The first kappa shape index (κ1) is 23.7. The zero-order valence-corrected chi connectivity index (χ0v) is 20.1. The molecule has 0 saturated carbocycles. The fraction of sp³-hybridized carbons (Fsp3) is 0.600. The van der Waals surface area contributed by atoms with Crippen molar-refractivity contribution in [3.63, 3.8) is 0 Å². The van der Waals surface area contributed by atoms with E-state index in [1.54, 1.807) is 6.07 Å². The number of piperazine rings is 1. The lowest BCUT2D eigenvalue weighted by Gasteiger charge is -2.39. The molecule has 3 fully saturated rings. The zero-order valence-electron chi connectivity index (χ0n) is 20.1. The Morgan fingerprint density at radius 2 is 1.74 bits per heavy atom. The highest BCUT2D eigenvalue weighted by molar-refractivity contribution is 6.05. The summed E-state index contributed by atoms with van der Waals surface area (Å²) >= 11 is 0. The Morgan fingerprint density at radius 1 is 1.03 bits per heavy atom. The van der Waals surface area contributed by atoms with Gasteiger partial charge < -0.3 is 19.6 Å². The van der Waals surface area contributed by atoms with Crippen molar-refractivity contribution in [2.75, 3.05) is 50.7 Å². The van der Waals surface area contributed by atoms with Gasteiger partial charge in [0.05, 0.1) is 5.69 Å². The average molecular weight is 486 g/mol. The maximum absolute atomic E-state index is 15.1. The van der Waals surface area contributed by atoms with Crippen molar-refractivity contribution in [3.8, 4) is 0 Å². The van der Waals surface area contributed by atoms with Gasteiger partial charge in [0, 0.05) is 50.6 Å². The molecular formula is C25H32FN5O4. The van der Waals surface area contributed by atoms with E-state index in [1.807, 2.05) is 9.80 Å². The summed E-state index contributed by atoms with van der Waals surface area (Å²) < 4.78 is 15.1. The molecule has 0 radical (unpaired) electrons. The number of imide groups is 1. The van der Waals surface area contributed by atoms with Crippen molar-refractivity contribution in [3.05, 3.63) is 29.1 Å². The van der Waals surface area contributed by atoms with Crippen LogP contribution in [0.1, 0.15) is 48.5 Å². The number of nitrogens with zero attached hydrogens (tertiary/aromatic N) is 4. The SMILES string of the molecule is CCN1CCC(C(=O)N2CCN(c3cc4c(cc3F)C(=O)N(C3CCC(=O)NC3=O)C4)CC2)CC1. The molecule has 5 rings (SSSR count). The molecule has 1 aromatic carbocycles. The molecule has 35 heavy (non-hydrogen) atoms. The van der Waals surface area contributed by atoms with Crippen molar-refractivity contribution in [1.82, 2.24) is 20.0 Å². The first-order valence-electron chi connectivity index (χ1n) is 12.6. The maximum Gasteiger partial charge on any atom is 0.255 e. The zero-order chi connectivity index (χ0) is 24.7. The van der Waals surface area contributed by atoms with Crippen molar-refractivity contribution in [2.45, 2.75) is 45.2 Å². The smallest absolute Gasteiger partial charge is 0.255 e. The summed E-state index contributed by atoms with van der Waals surface area (Å²) in [5.41, 5.74) is 1.37. The molecule has 0 bridgehead atoms. The lowest BCUT2D eigenvalue weighted by molar-refractivity contribution is -0.138. The molecule has 0 aliphatic carbocycles. The fourth-order valence-corrected chi connectivity index (χ4v) is 5.74. The second kappa shape index (κ2) is 9.56. The Balaban J connectivity index is 1.23. The lowest BCUT2D eigenvalue weighted by atomic mass is 9.95. The third-order valence-corrected chi connectivity index (χ3v) is 7.91. The van der Waals surface area contributed by atoms with E-state index in [9.17, 15) is 19.2 Å². The van der Waals surface area contributed by atoms with Gasteiger partial charge in [-0.3, -0.25) is 24.5 Å². The predicted molar refractivity (Wildman–Crippen MR) is 126 cm³/mol. The summed E-state index contributed by atoms with van der Waals surface area (Å²) in [6.45, 7) is 7.44. The van der Waals surface area contributed by atoms with Crippen LogP contribution in [0.15, 0.2) is 12.1 Å². The van der Waals surface area contributed by atoms with Gasteiger partial charge in [-0.05, 0) is 56.6 Å². The van der Waals surface area contributed by atoms with Crippen LogP contribution in [0.4, 0.5) is 10.1 Å². The molecule has 3 saturated heterocycles. The Morgan fingerprint density at radius 3 is 2.40 bits per heavy atom. The van der Waals surface area contributed by atoms with Gasteiger partial charge in [-0.2, -0.15) is 0 Å². The number of benzene rings is 1. The van der Waals surface area contributed by atoms with Gasteiger partial charge >= 0.3 is 0 Å². The van der Waals surface area contributed by atoms with Crippen molar-refractivity contribution >= 4 is 29.3 Å². The Labute approximate surface area is 204 Å². The Kier molecular flexibility index (Phi) is 6.48. The van der Waals surface area contributed by atoms with Gasteiger partial charge in [-0.15, -0.1) is 0 Å². The summed E-state index contributed by atoms with van der Waals surface area (Å²) in [5.74, 6) is -1.40. The second-order valence-electron chi connectivity index (χ2n) is 9.88. The van der Waals surface area contributed by atoms with Gasteiger partial charge in [0.2, 0.25) is 17.7 Å². The standard InChI is InChI=1S/C25H32FN5O4/c1-2-28-7-5-16(6-8-28)24(34)30-11-9-29(10-12-30)21-13-17-15-31(25(35)18(17)14-19(21)26)20-3-4-22(32)27-23(20)33/h13-14,16,20H,2-12,15H2,1H3,(H,27,32,33). The fourth-order valence-electron chi connectivity index (χ4n) is 5.74. The minimum absolute atomic E-state index is 0.0744. The number of halogens is 1. The van der Waals surface area contributed by atoms with Gasteiger partial charge in [-0.1, -0.05) is 6.92 Å². The number of likely N-dealkylation sites (tertiary alicyclic amines) is 1. The first-order chi connectivity index (χ1) is 16.9. The molecule has 10 heteroatoms. The number of carbonyl (C=O) groups is 4. The minimum Gasteiger partial charge on any atom is -0.366 e. The molecule has 4 aliphatic rings. The normalized spacial score (nSPS) is 24.1. The summed E-state index contributed by atoms with van der Waals surface area (Å²) in [6, 6.07) is 2.24. The van der Waals surface area contributed by atoms with Crippen LogP contribution >= 0.6 is 0 Å². The van der Waals surface area contributed by atoms with E-state index >= 15 is 4.39 Å². The highest BCUT2D eigenvalue weighted by atomic mass is 19.1. The van der Waals surface area contributed by atoms with E-state index in [1.165, 1.54) is 11.0 Å². The van der Waals surface area contributed by atoms with Crippen LogP contribution in [0, 0.1) is 11.7 Å².